The van der Waals surface area contributed by atoms with Crippen LogP contribution in [0, 0.1) is 0 Å². The maximum atomic E-state index is 11.8. The molecule has 0 spiro atoms. The topological polar surface area (TPSA) is 91.8 Å². The van der Waals surface area contributed by atoms with Crippen LogP contribution < -0.4 is 16.0 Å². The Balaban J connectivity index is 0.00000320. The lowest BCUT2D eigenvalue weighted by atomic mass is 9.88. The quantitative estimate of drug-likeness (QED) is 0.274. The van der Waals surface area contributed by atoms with Crippen molar-refractivity contribution in [2.45, 2.75) is 50.7 Å². The summed E-state index contributed by atoms with van der Waals surface area (Å²) in [6.45, 7) is 6.98. The maximum absolute atomic E-state index is 11.8. The fraction of sp³-hybridized carbons (Fsp3) is 0.667. The van der Waals surface area contributed by atoms with E-state index in [1.807, 2.05) is 13.0 Å². The van der Waals surface area contributed by atoms with Crippen LogP contribution in [0.5, 0.6) is 0 Å². The Bertz CT molecular complexity index is 783. The second-order valence-corrected chi connectivity index (χ2v) is 10.3. The van der Waals surface area contributed by atoms with Gasteiger partial charge in [-0.3, -0.25) is 4.99 Å². The Morgan fingerprint density at radius 3 is 2.57 bits per heavy atom. The third-order valence-electron chi connectivity index (χ3n) is 5.73. The van der Waals surface area contributed by atoms with E-state index in [0.717, 1.165) is 32.6 Å². The third kappa shape index (κ3) is 7.35. The van der Waals surface area contributed by atoms with E-state index >= 15 is 0 Å². The SMILES string of the molecule is CCNC(=NCC1(NC(C)c2ccccc2)CCOCC1)NC1CCS(=O)(=O)C1.I. The summed E-state index contributed by atoms with van der Waals surface area (Å²) in [7, 11) is -2.92. The Hall–Kier alpha value is -0.910. The molecule has 2 saturated heterocycles. The van der Waals surface area contributed by atoms with Gasteiger partial charge in [0.2, 0.25) is 0 Å². The highest BCUT2D eigenvalue weighted by atomic mass is 127. The van der Waals surface area contributed by atoms with Crippen molar-refractivity contribution in [3.63, 3.8) is 0 Å². The zero-order chi connectivity index (χ0) is 20.7. The summed E-state index contributed by atoms with van der Waals surface area (Å²) in [5.41, 5.74) is 1.11. The van der Waals surface area contributed by atoms with Crippen molar-refractivity contribution in [1.29, 1.82) is 0 Å². The largest absolute Gasteiger partial charge is 0.381 e. The average molecular weight is 551 g/mol. The number of nitrogens with zero attached hydrogens (tertiary/aromatic N) is 1. The monoisotopic (exact) mass is 550 g/mol. The molecule has 0 saturated carbocycles. The minimum atomic E-state index is -2.92. The fourth-order valence-electron chi connectivity index (χ4n) is 4.05. The third-order valence-corrected chi connectivity index (χ3v) is 7.50. The van der Waals surface area contributed by atoms with Crippen LogP contribution in [0.2, 0.25) is 0 Å². The average Bonchev–Trinajstić information content (AvgIpc) is 3.06. The molecular weight excluding hydrogens is 515 g/mol. The van der Waals surface area contributed by atoms with Crippen LogP contribution in [0.4, 0.5) is 0 Å². The summed E-state index contributed by atoms with van der Waals surface area (Å²) in [5.74, 6) is 1.12. The molecule has 170 valence electrons. The van der Waals surface area contributed by atoms with Gasteiger partial charge in [-0.2, -0.15) is 0 Å². The Labute approximate surface area is 197 Å². The molecule has 2 heterocycles. The molecular formula is C21H35IN4O3S. The molecule has 0 radical (unpaired) electrons. The number of ether oxygens (including phenoxy) is 1. The molecule has 0 aromatic heterocycles. The highest BCUT2D eigenvalue weighted by molar-refractivity contribution is 14.0. The first-order valence-electron chi connectivity index (χ1n) is 10.6. The smallest absolute Gasteiger partial charge is 0.191 e. The van der Waals surface area contributed by atoms with Crippen molar-refractivity contribution in [3.05, 3.63) is 35.9 Å². The summed E-state index contributed by atoms with van der Waals surface area (Å²) in [6, 6.07) is 10.6. The second kappa shape index (κ2) is 11.6. The summed E-state index contributed by atoms with van der Waals surface area (Å²) < 4.78 is 29.1. The van der Waals surface area contributed by atoms with Crippen LogP contribution in [0.1, 0.15) is 44.7 Å². The first kappa shape index (κ1) is 25.4. The molecule has 3 rings (SSSR count). The first-order chi connectivity index (χ1) is 13.9. The zero-order valence-electron chi connectivity index (χ0n) is 17.9. The summed E-state index contributed by atoms with van der Waals surface area (Å²) >= 11 is 0. The van der Waals surface area contributed by atoms with E-state index in [1.54, 1.807) is 0 Å². The maximum Gasteiger partial charge on any atom is 0.191 e. The summed E-state index contributed by atoms with van der Waals surface area (Å²) in [6.07, 6.45) is 2.42. The number of guanidine groups is 1. The lowest BCUT2D eigenvalue weighted by Gasteiger charge is -2.39. The van der Waals surface area contributed by atoms with Gasteiger partial charge in [-0.15, -0.1) is 24.0 Å². The molecule has 7 nitrogen and oxygen atoms in total. The van der Waals surface area contributed by atoms with Crippen LogP contribution in [0.15, 0.2) is 35.3 Å². The van der Waals surface area contributed by atoms with Crippen molar-refractivity contribution in [1.82, 2.24) is 16.0 Å². The normalized spacial score (nSPS) is 23.9. The minimum absolute atomic E-state index is 0. The van der Waals surface area contributed by atoms with E-state index in [9.17, 15) is 8.42 Å². The molecule has 2 atom stereocenters. The second-order valence-electron chi connectivity index (χ2n) is 8.11. The van der Waals surface area contributed by atoms with E-state index in [-0.39, 0.29) is 53.1 Å². The number of halogens is 1. The lowest BCUT2D eigenvalue weighted by Crippen LogP contribution is -2.53. The molecule has 2 aliphatic rings. The number of hydrogen-bond donors (Lipinski definition) is 3. The van der Waals surface area contributed by atoms with E-state index in [4.69, 9.17) is 9.73 Å². The molecule has 9 heteroatoms. The Kier molecular flexibility index (Phi) is 9.83. The molecule has 0 amide bonds. The zero-order valence-corrected chi connectivity index (χ0v) is 21.0. The van der Waals surface area contributed by atoms with Gasteiger partial charge in [0.05, 0.1) is 18.1 Å². The van der Waals surface area contributed by atoms with Crippen LogP contribution in [-0.2, 0) is 14.6 Å². The van der Waals surface area contributed by atoms with Gasteiger partial charge in [-0.25, -0.2) is 8.42 Å². The molecule has 0 aliphatic carbocycles. The number of sulfone groups is 1. The molecule has 3 N–H and O–H groups in total. The van der Waals surface area contributed by atoms with E-state index in [2.05, 4.69) is 47.1 Å². The van der Waals surface area contributed by atoms with E-state index in [0.29, 0.717) is 18.9 Å². The molecule has 1 aromatic carbocycles. The van der Waals surface area contributed by atoms with Crippen LogP contribution in [-0.4, -0.2) is 63.8 Å². The highest BCUT2D eigenvalue weighted by Crippen LogP contribution is 2.26. The number of hydrogen-bond acceptors (Lipinski definition) is 5. The van der Waals surface area contributed by atoms with E-state index < -0.39 is 9.84 Å². The molecule has 30 heavy (non-hydrogen) atoms. The number of nitrogens with one attached hydrogen (secondary N) is 3. The molecule has 2 unspecified atom stereocenters. The fourth-order valence-corrected chi connectivity index (χ4v) is 5.72. The Morgan fingerprint density at radius 1 is 1.27 bits per heavy atom. The van der Waals surface area contributed by atoms with Crippen molar-refractivity contribution >= 4 is 39.8 Å². The predicted molar refractivity (Wildman–Crippen MR) is 132 cm³/mol. The Morgan fingerprint density at radius 2 is 1.97 bits per heavy atom. The lowest BCUT2D eigenvalue weighted by molar-refractivity contribution is 0.0374. The van der Waals surface area contributed by atoms with Gasteiger partial charge in [0.1, 0.15) is 0 Å². The minimum Gasteiger partial charge on any atom is -0.381 e. The molecule has 1 aromatic rings. The van der Waals surface area contributed by atoms with Crippen LogP contribution >= 0.6 is 24.0 Å². The van der Waals surface area contributed by atoms with Crippen molar-refractivity contribution in [2.24, 2.45) is 4.99 Å². The number of aliphatic imine (C=N–C) groups is 1. The van der Waals surface area contributed by atoms with Gasteiger partial charge >= 0.3 is 0 Å². The highest BCUT2D eigenvalue weighted by Gasteiger charge is 2.34. The van der Waals surface area contributed by atoms with Gasteiger partial charge in [-0.1, -0.05) is 30.3 Å². The van der Waals surface area contributed by atoms with Crippen molar-refractivity contribution < 1.29 is 13.2 Å². The molecule has 2 aliphatic heterocycles. The van der Waals surface area contributed by atoms with Crippen molar-refractivity contribution in [2.75, 3.05) is 37.8 Å². The van der Waals surface area contributed by atoms with Gasteiger partial charge in [0.25, 0.3) is 0 Å². The van der Waals surface area contributed by atoms with Gasteiger partial charge in [0.15, 0.2) is 15.8 Å². The first-order valence-corrected chi connectivity index (χ1v) is 12.4. The van der Waals surface area contributed by atoms with E-state index in [1.165, 1.54) is 5.56 Å². The van der Waals surface area contributed by atoms with Crippen LogP contribution in [0.3, 0.4) is 0 Å². The molecule has 0 bridgehead atoms. The number of rotatable bonds is 7. The summed E-state index contributed by atoms with van der Waals surface area (Å²) in [4.78, 5) is 4.85. The standard InChI is InChI=1S/C21H34N4O3S.HI/c1-3-22-20(24-19-9-14-29(26,27)15-19)23-16-21(10-12-28-13-11-21)25-17(2)18-7-5-4-6-8-18;/h4-8,17,19,25H,3,9-16H2,1-2H3,(H2,22,23,24);1H. The van der Waals surface area contributed by atoms with Gasteiger partial charge < -0.3 is 20.7 Å². The predicted octanol–water partition coefficient (Wildman–Crippen LogP) is 2.25. The van der Waals surface area contributed by atoms with Crippen molar-refractivity contribution in [3.8, 4) is 0 Å². The molecule has 2 fully saturated rings. The van der Waals surface area contributed by atoms with Crippen LogP contribution in [0.25, 0.3) is 0 Å². The van der Waals surface area contributed by atoms with Gasteiger partial charge in [0, 0.05) is 37.4 Å². The van der Waals surface area contributed by atoms with Gasteiger partial charge in [-0.05, 0) is 38.7 Å². The summed E-state index contributed by atoms with van der Waals surface area (Å²) in [5, 5.41) is 10.4. The number of benzene rings is 1.